The highest BCUT2D eigenvalue weighted by atomic mass is 31.1. The number of hydrogen-bond acceptors (Lipinski definition) is 5. The van der Waals surface area contributed by atoms with Crippen molar-refractivity contribution in [1.29, 1.82) is 0 Å². The molecule has 0 aromatic carbocycles. The van der Waals surface area contributed by atoms with Crippen LogP contribution < -0.4 is 0 Å². The third-order valence-electron chi connectivity index (χ3n) is 2.23. The Bertz CT molecular complexity index is 391. The van der Waals surface area contributed by atoms with Crippen molar-refractivity contribution in [3.05, 3.63) is 0 Å². The maximum atomic E-state index is 12.0. The lowest BCUT2D eigenvalue weighted by atomic mass is 10.0. The molecule has 0 heterocycles. The average molecular weight is 321 g/mol. The minimum atomic E-state index is -2.47. The Labute approximate surface area is 127 Å². The van der Waals surface area contributed by atoms with Gasteiger partial charge in [0.1, 0.15) is 17.1 Å². The molecular formula is C14H26O6P+. The van der Waals surface area contributed by atoms with E-state index in [0.717, 1.165) is 0 Å². The fourth-order valence-electron chi connectivity index (χ4n) is 1.54. The van der Waals surface area contributed by atoms with Crippen molar-refractivity contribution in [3.63, 3.8) is 0 Å². The average Bonchev–Trinajstić information content (AvgIpc) is 2.18. The molecule has 6 nitrogen and oxygen atoms in total. The molecule has 7 heteroatoms. The number of carbonyl (C=O) groups is 2. The van der Waals surface area contributed by atoms with E-state index >= 15 is 0 Å². The van der Waals surface area contributed by atoms with Crippen molar-refractivity contribution in [2.45, 2.75) is 65.6 Å². The van der Waals surface area contributed by atoms with Crippen LogP contribution in [0.25, 0.3) is 0 Å². The van der Waals surface area contributed by atoms with E-state index in [4.69, 9.17) is 14.4 Å². The molecule has 0 aromatic rings. The highest BCUT2D eigenvalue weighted by Crippen LogP contribution is 2.25. The molecule has 0 saturated carbocycles. The molecule has 0 fully saturated rings. The topological polar surface area (TPSA) is 89.9 Å². The molecule has 0 bridgehead atoms. The molecule has 0 aromatic heterocycles. The summed E-state index contributed by atoms with van der Waals surface area (Å²) < 4.78 is 21.3. The van der Waals surface area contributed by atoms with E-state index in [0.29, 0.717) is 0 Å². The molecular weight excluding hydrogens is 295 g/mol. The van der Waals surface area contributed by atoms with Gasteiger partial charge < -0.3 is 9.47 Å². The first kappa shape index (κ1) is 20.0. The van der Waals surface area contributed by atoms with Crippen LogP contribution in [0.15, 0.2) is 0 Å². The summed E-state index contributed by atoms with van der Waals surface area (Å²) in [6, 6.07) is 0. The second-order valence-corrected chi connectivity index (χ2v) is 7.96. The van der Waals surface area contributed by atoms with E-state index in [2.05, 4.69) is 0 Å². The zero-order chi connectivity index (χ0) is 16.8. The van der Waals surface area contributed by atoms with Crippen LogP contribution in [0.5, 0.6) is 0 Å². The first-order valence-corrected chi connectivity index (χ1v) is 8.28. The van der Waals surface area contributed by atoms with E-state index < -0.39 is 37.1 Å². The van der Waals surface area contributed by atoms with Crippen LogP contribution in [-0.2, 0) is 23.6 Å². The molecule has 0 radical (unpaired) electrons. The highest BCUT2D eigenvalue weighted by Gasteiger charge is 2.32. The molecule has 122 valence electrons. The van der Waals surface area contributed by atoms with Gasteiger partial charge >= 0.3 is 20.0 Å². The van der Waals surface area contributed by atoms with E-state index in [9.17, 15) is 14.2 Å². The zero-order valence-electron chi connectivity index (χ0n) is 13.6. The third-order valence-corrected chi connectivity index (χ3v) is 2.99. The number of hydrogen-bond donors (Lipinski definition) is 1. The SMILES string of the molecule is CC(C)(C)OC(=O)CCC(C[P+](=O)O)C(=O)OC(C)(C)C. The second-order valence-electron chi connectivity index (χ2n) is 6.89. The molecule has 2 unspecified atom stereocenters. The molecule has 0 saturated heterocycles. The molecule has 0 aliphatic carbocycles. The van der Waals surface area contributed by atoms with Crippen LogP contribution >= 0.6 is 8.03 Å². The van der Waals surface area contributed by atoms with E-state index in [-0.39, 0.29) is 19.0 Å². The van der Waals surface area contributed by atoms with Crippen molar-refractivity contribution in [2.24, 2.45) is 5.92 Å². The Kier molecular flexibility index (Phi) is 7.48. The van der Waals surface area contributed by atoms with Gasteiger partial charge in [0.05, 0.1) is 0 Å². The fourth-order valence-corrected chi connectivity index (χ4v) is 2.25. The summed E-state index contributed by atoms with van der Waals surface area (Å²) in [6.07, 6.45) is -0.0805. The van der Waals surface area contributed by atoms with Crippen LogP contribution in [0.3, 0.4) is 0 Å². The van der Waals surface area contributed by atoms with Gasteiger partial charge in [-0.1, -0.05) is 0 Å². The van der Waals surface area contributed by atoms with Crippen molar-refractivity contribution in [3.8, 4) is 0 Å². The lowest BCUT2D eigenvalue weighted by Crippen LogP contribution is -2.31. The molecule has 2 atom stereocenters. The predicted octanol–water partition coefficient (Wildman–Crippen LogP) is 2.80. The highest BCUT2D eigenvalue weighted by molar-refractivity contribution is 7.38. The minimum Gasteiger partial charge on any atom is -0.460 e. The molecule has 0 rings (SSSR count). The summed E-state index contributed by atoms with van der Waals surface area (Å²) in [5, 5.41) is 0. The van der Waals surface area contributed by atoms with Gasteiger partial charge in [0.2, 0.25) is 0 Å². The summed E-state index contributed by atoms with van der Waals surface area (Å²) in [4.78, 5) is 32.6. The summed E-state index contributed by atoms with van der Waals surface area (Å²) in [5.41, 5.74) is -1.27. The Balaban J connectivity index is 4.60. The molecule has 21 heavy (non-hydrogen) atoms. The van der Waals surface area contributed by atoms with Crippen LogP contribution in [0.2, 0.25) is 0 Å². The van der Waals surface area contributed by atoms with E-state index in [1.165, 1.54) is 0 Å². The van der Waals surface area contributed by atoms with Crippen LogP contribution in [0.1, 0.15) is 54.4 Å². The van der Waals surface area contributed by atoms with Gasteiger partial charge in [0.15, 0.2) is 6.16 Å². The van der Waals surface area contributed by atoms with Gasteiger partial charge in [0.25, 0.3) is 0 Å². The Morgan fingerprint density at radius 3 is 1.90 bits per heavy atom. The van der Waals surface area contributed by atoms with E-state index in [1.54, 1.807) is 41.5 Å². The Morgan fingerprint density at radius 1 is 1.05 bits per heavy atom. The summed E-state index contributed by atoms with van der Waals surface area (Å²) in [7, 11) is -2.47. The monoisotopic (exact) mass is 321 g/mol. The number of ether oxygens (including phenoxy) is 2. The van der Waals surface area contributed by atoms with Gasteiger partial charge in [-0.05, 0) is 52.5 Å². The maximum Gasteiger partial charge on any atom is 0.506 e. The Morgan fingerprint density at radius 2 is 1.52 bits per heavy atom. The number of esters is 2. The van der Waals surface area contributed by atoms with Crippen molar-refractivity contribution < 1.29 is 28.5 Å². The summed E-state index contributed by atoms with van der Waals surface area (Å²) in [6.45, 7) is 10.4. The first-order chi connectivity index (χ1) is 9.30. The van der Waals surface area contributed by atoms with E-state index in [1.807, 2.05) is 0 Å². The molecule has 0 aliphatic rings. The van der Waals surface area contributed by atoms with Gasteiger partial charge in [-0.15, -0.1) is 0 Å². The lowest BCUT2D eigenvalue weighted by Gasteiger charge is -2.23. The largest absolute Gasteiger partial charge is 0.506 e. The molecule has 0 aliphatic heterocycles. The number of rotatable bonds is 6. The standard InChI is InChI=1S/C14H25O6P/c1-13(2,3)19-11(15)8-7-10(9-21(17)18)12(16)20-14(4,5)6/h10H,7-9H2,1-6H3/p+1. The fraction of sp³-hybridized carbons (Fsp3) is 0.857. The summed E-state index contributed by atoms with van der Waals surface area (Å²) in [5.74, 6) is -1.79. The van der Waals surface area contributed by atoms with Crippen LogP contribution in [0.4, 0.5) is 0 Å². The normalized spacial score (nSPS) is 14.3. The minimum absolute atomic E-state index is 0.00432. The zero-order valence-corrected chi connectivity index (χ0v) is 14.5. The summed E-state index contributed by atoms with van der Waals surface area (Å²) >= 11 is 0. The number of carbonyl (C=O) groups excluding carboxylic acids is 2. The third kappa shape index (κ3) is 11.3. The quantitative estimate of drug-likeness (QED) is 0.597. The second kappa shape index (κ2) is 7.85. The smallest absolute Gasteiger partial charge is 0.460 e. The molecule has 1 N–H and O–H groups in total. The predicted molar refractivity (Wildman–Crippen MR) is 79.1 cm³/mol. The van der Waals surface area contributed by atoms with Crippen molar-refractivity contribution in [2.75, 3.05) is 6.16 Å². The van der Waals surface area contributed by atoms with Crippen LogP contribution in [0, 0.1) is 5.92 Å². The Hall–Kier alpha value is -1.00. The maximum absolute atomic E-state index is 12.0. The van der Waals surface area contributed by atoms with Crippen molar-refractivity contribution >= 4 is 20.0 Å². The molecule has 0 spiro atoms. The van der Waals surface area contributed by atoms with Gasteiger partial charge in [0, 0.05) is 6.42 Å². The van der Waals surface area contributed by atoms with Crippen LogP contribution in [-0.4, -0.2) is 34.2 Å². The van der Waals surface area contributed by atoms with Gasteiger partial charge in [-0.25, -0.2) is 0 Å². The molecule has 0 amide bonds. The van der Waals surface area contributed by atoms with Gasteiger partial charge in [-0.2, -0.15) is 4.89 Å². The lowest BCUT2D eigenvalue weighted by molar-refractivity contribution is -0.160. The van der Waals surface area contributed by atoms with Gasteiger partial charge in [-0.3, -0.25) is 9.59 Å². The first-order valence-electron chi connectivity index (χ1n) is 6.88. The van der Waals surface area contributed by atoms with Crippen molar-refractivity contribution in [1.82, 2.24) is 0 Å².